The summed E-state index contributed by atoms with van der Waals surface area (Å²) in [6.45, 7) is 3.36. The summed E-state index contributed by atoms with van der Waals surface area (Å²) in [6, 6.07) is 9.86. The third-order valence-electron chi connectivity index (χ3n) is 7.67. The zero-order chi connectivity index (χ0) is 24.3. The second-order valence-electron chi connectivity index (χ2n) is 9.49. The van der Waals surface area contributed by atoms with Crippen LogP contribution in [0.1, 0.15) is 35.8 Å². The molecule has 1 atom stereocenters. The summed E-state index contributed by atoms with van der Waals surface area (Å²) in [5.41, 5.74) is 10.8. The third-order valence-corrected chi connectivity index (χ3v) is 7.67. The van der Waals surface area contributed by atoms with E-state index in [2.05, 4.69) is 15.0 Å². The standard InChI is InChI=1S/C26H26F2N6O/c1-15-23(17-4-3-5-18(27)22(17)28)34-20(8-11-30-34)25(31-15)33-12-9-26(10-13-33)14-19-16(24(26)29)6-7-21(32-19)35-2/h3-8,11,24H,9-10,12-14,29H2,1-2H3/t24-/m1/s1. The number of nitrogens with zero attached hydrogens (tertiary/aromatic N) is 5. The van der Waals surface area contributed by atoms with Crippen LogP contribution in [0.3, 0.4) is 0 Å². The van der Waals surface area contributed by atoms with Gasteiger partial charge in [0.25, 0.3) is 0 Å². The van der Waals surface area contributed by atoms with E-state index in [9.17, 15) is 8.78 Å². The second kappa shape index (κ2) is 7.98. The van der Waals surface area contributed by atoms with Gasteiger partial charge < -0.3 is 15.4 Å². The first-order valence-corrected chi connectivity index (χ1v) is 11.7. The molecule has 0 saturated carbocycles. The number of methoxy groups -OCH3 is 1. The van der Waals surface area contributed by atoms with Crippen LogP contribution in [-0.4, -0.2) is 39.8 Å². The Labute approximate surface area is 201 Å². The van der Waals surface area contributed by atoms with E-state index in [-0.39, 0.29) is 17.0 Å². The van der Waals surface area contributed by atoms with Gasteiger partial charge in [-0.1, -0.05) is 12.1 Å². The lowest BCUT2D eigenvalue weighted by Gasteiger charge is -2.42. The summed E-state index contributed by atoms with van der Waals surface area (Å²) < 4.78 is 35.6. The highest BCUT2D eigenvalue weighted by atomic mass is 19.2. The molecule has 4 aromatic rings. The van der Waals surface area contributed by atoms with Gasteiger partial charge in [0.1, 0.15) is 5.52 Å². The molecule has 0 unspecified atom stereocenters. The SMILES string of the molecule is COc1ccc2c(n1)CC1(CCN(c3nc(C)c(-c4cccc(F)c4F)n4nccc34)CC1)[C@@H]2N. The van der Waals surface area contributed by atoms with Gasteiger partial charge in [-0.3, -0.25) is 0 Å². The minimum Gasteiger partial charge on any atom is -0.481 e. The zero-order valence-corrected chi connectivity index (χ0v) is 19.6. The van der Waals surface area contributed by atoms with Crippen molar-refractivity contribution in [2.75, 3.05) is 25.1 Å². The molecule has 35 heavy (non-hydrogen) atoms. The average molecular weight is 477 g/mol. The van der Waals surface area contributed by atoms with Crippen molar-refractivity contribution < 1.29 is 13.5 Å². The Morgan fingerprint density at radius 1 is 1.09 bits per heavy atom. The van der Waals surface area contributed by atoms with Crippen LogP contribution in [0.2, 0.25) is 0 Å². The number of hydrogen-bond donors (Lipinski definition) is 1. The van der Waals surface area contributed by atoms with Crippen LogP contribution in [0, 0.1) is 24.0 Å². The number of nitrogens with two attached hydrogens (primary N) is 1. The van der Waals surface area contributed by atoms with Crippen LogP contribution in [0.25, 0.3) is 16.8 Å². The number of piperidine rings is 1. The molecule has 1 fully saturated rings. The van der Waals surface area contributed by atoms with Gasteiger partial charge >= 0.3 is 0 Å². The molecule has 9 heteroatoms. The van der Waals surface area contributed by atoms with Gasteiger partial charge in [-0.2, -0.15) is 5.10 Å². The number of halogens is 2. The lowest BCUT2D eigenvalue weighted by Crippen LogP contribution is -2.44. The molecule has 1 aromatic carbocycles. The number of aromatic nitrogens is 4. The Morgan fingerprint density at radius 2 is 1.89 bits per heavy atom. The van der Waals surface area contributed by atoms with Crippen LogP contribution < -0.4 is 15.4 Å². The van der Waals surface area contributed by atoms with Crippen LogP contribution in [0.5, 0.6) is 5.88 Å². The summed E-state index contributed by atoms with van der Waals surface area (Å²) in [5, 5.41) is 4.43. The monoisotopic (exact) mass is 476 g/mol. The quantitative estimate of drug-likeness (QED) is 0.477. The molecule has 6 rings (SSSR count). The molecular weight excluding hydrogens is 450 g/mol. The van der Waals surface area contributed by atoms with Gasteiger partial charge in [-0.15, -0.1) is 0 Å². The Balaban J connectivity index is 1.32. The summed E-state index contributed by atoms with van der Waals surface area (Å²) in [4.78, 5) is 11.7. The van der Waals surface area contributed by atoms with Gasteiger partial charge in [-0.25, -0.2) is 23.3 Å². The summed E-state index contributed by atoms with van der Waals surface area (Å²) in [5.74, 6) is -0.391. The number of hydrogen-bond acceptors (Lipinski definition) is 6. The number of benzene rings is 1. The maximum absolute atomic E-state index is 14.6. The Kier molecular flexibility index (Phi) is 5.00. The molecule has 2 aliphatic rings. The predicted octanol–water partition coefficient (Wildman–Crippen LogP) is 4.23. The number of aryl methyl sites for hydroxylation is 1. The molecule has 7 nitrogen and oxygen atoms in total. The molecule has 0 radical (unpaired) electrons. The first-order valence-electron chi connectivity index (χ1n) is 11.7. The highest BCUT2D eigenvalue weighted by molar-refractivity contribution is 5.75. The number of anilines is 1. The topological polar surface area (TPSA) is 81.6 Å². The summed E-state index contributed by atoms with van der Waals surface area (Å²) in [6.07, 6.45) is 4.29. The van der Waals surface area contributed by atoms with Crippen LogP contribution in [0.4, 0.5) is 14.6 Å². The lowest BCUT2D eigenvalue weighted by molar-refractivity contribution is 0.186. The molecule has 1 aliphatic heterocycles. The van der Waals surface area contributed by atoms with Gasteiger partial charge in [0, 0.05) is 36.5 Å². The second-order valence-corrected chi connectivity index (χ2v) is 9.49. The first kappa shape index (κ1) is 21.9. The normalized spacial score (nSPS) is 18.9. The average Bonchev–Trinajstić information content (AvgIpc) is 3.44. The fourth-order valence-electron chi connectivity index (χ4n) is 5.76. The smallest absolute Gasteiger partial charge is 0.213 e. The van der Waals surface area contributed by atoms with Crippen molar-refractivity contribution in [1.82, 2.24) is 19.6 Å². The van der Waals surface area contributed by atoms with E-state index < -0.39 is 11.6 Å². The predicted molar refractivity (Wildman–Crippen MR) is 128 cm³/mol. The molecule has 2 N–H and O–H groups in total. The van der Waals surface area contributed by atoms with E-state index >= 15 is 0 Å². The van der Waals surface area contributed by atoms with Crippen molar-refractivity contribution in [3.05, 3.63) is 71.2 Å². The molecular formula is C26H26F2N6O. The van der Waals surface area contributed by atoms with Gasteiger partial charge in [0.2, 0.25) is 5.88 Å². The van der Waals surface area contributed by atoms with Crippen molar-refractivity contribution in [2.24, 2.45) is 11.1 Å². The maximum atomic E-state index is 14.6. The van der Waals surface area contributed by atoms with Crippen molar-refractivity contribution in [2.45, 2.75) is 32.2 Å². The van der Waals surface area contributed by atoms with Gasteiger partial charge in [0.15, 0.2) is 17.5 Å². The number of ether oxygens (including phenoxy) is 1. The molecule has 4 heterocycles. The third kappa shape index (κ3) is 3.29. The van der Waals surface area contributed by atoms with Crippen molar-refractivity contribution in [3.8, 4) is 17.1 Å². The Hall–Kier alpha value is -3.59. The van der Waals surface area contributed by atoms with Crippen LogP contribution in [0.15, 0.2) is 42.6 Å². The first-order chi connectivity index (χ1) is 16.9. The molecule has 1 aliphatic carbocycles. The van der Waals surface area contributed by atoms with Gasteiger partial charge in [0.05, 0.1) is 24.7 Å². The van der Waals surface area contributed by atoms with E-state index in [1.807, 2.05) is 18.2 Å². The van der Waals surface area contributed by atoms with E-state index in [0.717, 1.165) is 61.0 Å². The van der Waals surface area contributed by atoms with E-state index in [0.29, 0.717) is 17.3 Å². The maximum Gasteiger partial charge on any atom is 0.213 e. The lowest BCUT2D eigenvalue weighted by atomic mass is 9.73. The Bertz CT molecular complexity index is 1440. The van der Waals surface area contributed by atoms with Crippen LogP contribution >= 0.6 is 0 Å². The summed E-state index contributed by atoms with van der Waals surface area (Å²) >= 11 is 0. The molecule has 180 valence electrons. The zero-order valence-electron chi connectivity index (χ0n) is 19.6. The molecule has 3 aromatic heterocycles. The minimum atomic E-state index is -0.901. The summed E-state index contributed by atoms with van der Waals surface area (Å²) in [7, 11) is 1.62. The number of pyridine rings is 1. The van der Waals surface area contributed by atoms with E-state index in [1.54, 1.807) is 30.8 Å². The highest BCUT2D eigenvalue weighted by Crippen LogP contribution is 2.51. The number of rotatable bonds is 3. The largest absolute Gasteiger partial charge is 0.481 e. The molecule has 0 amide bonds. The Morgan fingerprint density at radius 3 is 2.66 bits per heavy atom. The van der Waals surface area contributed by atoms with Crippen molar-refractivity contribution in [3.63, 3.8) is 0 Å². The molecule has 1 spiro atoms. The fourth-order valence-corrected chi connectivity index (χ4v) is 5.76. The molecule has 1 saturated heterocycles. The van der Waals surface area contributed by atoms with E-state index in [4.69, 9.17) is 15.5 Å². The van der Waals surface area contributed by atoms with Crippen LogP contribution in [-0.2, 0) is 6.42 Å². The minimum absolute atomic E-state index is 0.0472. The highest BCUT2D eigenvalue weighted by Gasteiger charge is 2.47. The van der Waals surface area contributed by atoms with Crippen molar-refractivity contribution in [1.29, 1.82) is 0 Å². The van der Waals surface area contributed by atoms with Crippen molar-refractivity contribution >= 4 is 11.3 Å². The van der Waals surface area contributed by atoms with E-state index in [1.165, 1.54) is 6.07 Å². The number of fused-ring (bicyclic) bond motifs is 2. The molecule has 0 bridgehead atoms. The van der Waals surface area contributed by atoms with Gasteiger partial charge in [-0.05, 0) is 55.4 Å². The fraction of sp³-hybridized carbons (Fsp3) is 0.346.